The molecular formula is C20H26N6O. The molecule has 2 aliphatic rings. The van der Waals surface area contributed by atoms with Gasteiger partial charge in [-0.1, -0.05) is 18.2 Å². The van der Waals surface area contributed by atoms with Gasteiger partial charge in [-0.2, -0.15) is 0 Å². The van der Waals surface area contributed by atoms with E-state index in [9.17, 15) is 4.79 Å². The Hall–Kier alpha value is -2.67. The van der Waals surface area contributed by atoms with Crippen LogP contribution in [0, 0.1) is 0 Å². The van der Waals surface area contributed by atoms with Crippen molar-refractivity contribution >= 4 is 17.5 Å². The van der Waals surface area contributed by atoms with E-state index in [0.29, 0.717) is 13.1 Å². The lowest BCUT2D eigenvalue weighted by molar-refractivity contribution is 0.0746. The molecule has 0 aliphatic carbocycles. The monoisotopic (exact) mass is 366 g/mol. The standard InChI is InChI=1S/C20H26N6O/c1-23-7-9-24(10-8-23)18-15-19(22-16-21-18)25-11-13-26(14-12-25)20(27)17-5-3-2-4-6-17/h2-6,15-16H,7-14H2,1H3. The summed E-state index contributed by atoms with van der Waals surface area (Å²) in [6.07, 6.45) is 1.66. The number of hydrogen-bond donors (Lipinski definition) is 0. The van der Waals surface area contributed by atoms with Crippen molar-refractivity contribution in [2.75, 3.05) is 69.2 Å². The van der Waals surface area contributed by atoms with E-state index >= 15 is 0 Å². The predicted molar refractivity (Wildman–Crippen MR) is 106 cm³/mol. The number of likely N-dealkylation sites (N-methyl/N-ethyl adjacent to an activating group) is 1. The van der Waals surface area contributed by atoms with Gasteiger partial charge in [0.25, 0.3) is 5.91 Å². The molecule has 2 aliphatic heterocycles. The van der Waals surface area contributed by atoms with Crippen LogP contribution in [0.3, 0.4) is 0 Å². The summed E-state index contributed by atoms with van der Waals surface area (Å²) in [5.41, 5.74) is 0.755. The lowest BCUT2D eigenvalue weighted by Gasteiger charge is -2.36. The number of amides is 1. The van der Waals surface area contributed by atoms with E-state index in [2.05, 4.69) is 37.8 Å². The van der Waals surface area contributed by atoms with Crippen LogP contribution >= 0.6 is 0 Å². The van der Waals surface area contributed by atoms with Gasteiger partial charge in [-0.05, 0) is 19.2 Å². The number of piperazine rings is 2. The molecule has 2 saturated heterocycles. The molecule has 1 amide bonds. The molecule has 1 aromatic carbocycles. The smallest absolute Gasteiger partial charge is 0.253 e. The van der Waals surface area contributed by atoms with Crippen LogP contribution in [0.25, 0.3) is 0 Å². The minimum absolute atomic E-state index is 0.107. The van der Waals surface area contributed by atoms with Crippen molar-refractivity contribution in [2.24, 2.45) is 0 Å². The summed E-state index contributed by atoms with van der Waals surface area (Å²) in [4.78, 5) is 30.4. The molecule has 0 radical (unpaired) electrons. The zero-order chi connectivity index (χ0) is 18.6. The second kappa shape index (κ2) is 7.92. The van der Waals surface area contributed by atoms with Gasteiger partial charge in [0, 0.05) is 64.0 Å². The first-order valence-corrected chi connectivity index (χ1v) is 9.55. The summed E-state index contributed by atoms with van der Waals surface area (Å²) in [5, 5.41) is 0. The number of anilines is 2. The molecule has 27 heavy (non-hydrogen) atoms. The van der Waals surface area contributed by atoms with Gasteiger partial charge in [0.05, 0.1) is 0 Å². The Kier molecular flexibility index (Phi) is 5.20. The third-order valence-electron chi connectivity index (χ3n) is 5.38. The van der Waals surface area contributed by atoms with E-state index in [1.54, 1.807) is 6.33 Å². The van der Waals surface area contributed by atoms with Gasteiger partial charge < -0.3 is 19.6 Å². The lowest BCUT2D eigenvalue weighted by Crippen LogP contribution is -2.49. The van der Waals surface area contributed by atoms with Crippen molar-refractivity contribution in [2.45, 2.75) is 0 Å². The molecule has 2 fully saturated rings. The summed E-state index contributed by atoms with van der Waals surface area (Å²) in [6.45, 7) is 7.09. The molecule has 142 valence electrons. The Morgan fingerprint density at radius 2 is 1.37 bits per heavy atom. The number of aromatic nitrogens is 2. The van der Waals surface area contributed by atoms with Crippen molar-refractivity contribution in [3.05, 3.63) is 48.3 Å². The van der Waals surface area contributed by atoms with Gasteiger partial charge in [-0.3, -0.25) is 4.79 Å². The Morgan fingerprint density at radius 1 is 0.815 bits per heavy atom. The summed E-state index contributed by atoms with van der Waals surface area (Å²) in [7, 11) is 2.15. The first kappa shape index (κ1) is 17.7. The Bertz CT molecular complexity index is 767. The molecule has 0 saturated carbocycles. The highest BCUT2D eigenvalue weighted by Crippen LogP contribution is 2.20. The number of rotatable bonds is 3. The molecule has 0 spiro atoms. The summed E-state index contributed by atoms with van der Waals surface area (Å²) >= 11 is 0. The minimum Gasteiger partial charge on any atom is -0.354 e. The SMILES string of the molecule is CN1CCN(c2cc(N3CCN(C(=O)c4ccccc4)CC3)ncn2)CC1. The Morgan fingerprint density at radius 3 is 1.96 bits per heavy atom. The molecule has 1 aromatic heterocycles. The summed E-state index contributed by atoms with van der Waals surface area (Å²) < 4.78 is 0. The van der Waals surface area contributed by atoms with Gasteiger partial charge >= 0.3 is 0 Å². The quantitative estimate of drug-likeness (QED) is 0.813. The van der Waals surface area contributed by atoms with E-state index in [4.69, 9.17) is 0 Å². The van der Waals surface area contributed by atoms with Crippen molar-refractivity contribution in [3.8, 4) is 0 Å². The number of carbonyl (C=O) groups is 1. The molecule has 0 N–H and O–H groups in total. The van der Waals surface area contributed by atoms with Crippen LogP contribution in [-0.4, -0.2) is 85.1 Å². The summed E-state index contributed by atoms with van der Waals surface area (Å²) in [6, 6.07) is 11.6. The van der Waals surface area contributed by atoms with Crippen molar-refractivity contribution in [1.82, 2.24) is 19.8 Å². The maximum atomic E-state index is 12.6. The van der Waals surface area contributed by atoms with Gasteiger partial charge in [-0.25, -0.2) is 9.97 Å². The van der Waals surface area contributed by atoms with Gasteiger partial charge in [0.15, 0.2) is 0 Å². The Balaban J connectivity index is 1.38. The first-order valence-electron chi connectivity index (χ1n) is 9.55. The number of benzene rings is 1. The molecule has 4 rings (SSSR count). The van der Waals surface area contributed by atoms with Crippen LogP contribution in [-0.2, 0) is 0 Å². The summed E-state index contributed by atoms with van der Waals surface area (Å²) in [5.74, 6) is 2.05. The highest BCUT2D eigenvalue weighted by molar-refractivity contribution is 5.94. The first-order chi connectivity index (χ1) is 13.2. The number of nitrogens with zero attached hydrogens (tertiary/aromatic N) is 6. The molecule has 0 bridgehead atoms. The van der Waals surface area contributed by atoms with Crippen molar-refractivity contribution in [1.29, 1.82) is 0 Å². The van der Waals surface area contributed by atoms with E-state index in [1.807, 2.05) is 35.2 Å². The van der Waals surface area contributed by atoms with Crippen LogP contribution in [0.5, 0.6) is 0 Å². The number of hydrogen-bond acceptors (Lipinski definition) is 6. The maximum absolute atomic E-state index is 12.6. The zero-order valence-electron chi connectivity index (χ0n) is 15.8. The fourth-order valence-corrected chi connectivity index (χ4v) is 3.62. The van der Waals surface area contributed by atoms with Crippen LogP contribution in [0.1, 0.15) is 10.4 Å². The van der Waals surface area contributed by atoms with E-state index in [1.165, 1.54) is 0 Å². The number of carbonyl (C=O) groups excluding carboxylic acids is 1. The molecule has 7 nitrogen and oxygen atoms in total. The van der Waals surface area contributed by atoms with Crippen molar-refractivity contribution in [3.63, 3.8) is 0 Å². The largest absolute Gasteiger partial charge is 0.354 e. The highest BCUT2D eigenvalue weighted by Gasteiger charge is 2.23. The van der Waals surface area contributed by atoms with Gasteiger partial charge in [0.1, 0.15) is 18.0 Å². The third kappa shape index (κ3) is 4.03. The van der Waals surface area contributed by atoms with Crippen LogP contribution < -0.4 is 9.80 Å². The third-order valence-corrected chi connectivity index (χ3v) is 5.38. The molecular weight excluding hydrogens is 340 g/mol. The lowest BCUT2D eigenvalue weighted by atomic mass is 10.2. The maximum Gasteiger partial charge on any atom is 0.253 e. The second-order valence-corrected chi connectivity index (χ2v) is 7.17. The van der Waals surface area contributed by atoms with Gasteiger partial charge in [0.2, 0.25) is 0 Å². The highest BCUT2D eigenvalue weighted by atomic mass is 16.2. The molecule has 0 atom stereocenters. The average Bonchev–Trinajstić information content (AvgIpc) is 2.75. The van der Waals surface area contributed by atoms with Crippen molar-refractivity contribution < 1.29 is 4.79 Å². The fraction of sp³-hybridized carbons (Fsp3) is 0.450. The zero-order valence-corrected chi connectivity index (χ0v) is 15.8. The van der Waals surface area contributed by atoms with E-state index < -0.39 is 0 Å². The fourth-order valence-electron chi connectivity index (χ4n) is 3.62. The molecule has 0 unspecified atom stereocenters. The minimum atomic E-state index is 0.107. The van der Waals surface area contributed by atoms with E-state index in [0.717, 1.165) is 56.5 Å². The molecule has 7 heteroatoms. The Labute approximate surface area is 160 Å². The van der Waals surface area contributed by atoms with Crippen LogP contribution in [0.2, 0.25) is 0 Å². The second-order valence-electron chi connectivity index (χ2n) is 7.17. The normalized spacial score (nSPS) is 18.6. The van der Waals surface area contributed by atoms with Gasteiger partial charge in [-0.15, -0.1) is 0 Å². The molecule has 2 aromatic rings. The van der Waals surface area contributed by atoms with Crippen LogP contribution in [0.4, 0.5) is 11.6 Å². The van der Waals surface area contributed by atoms with E-state index in [-0.39, 0.29) is 5.91 Å². The van der Waals surface area contributed by atoms with Crippen LogP contribution in [0.15, 0.2) is 42.7 Å². The topological polar surface area (TPSA) is 55.8 Å². The average molecular weight is 366 g/mol. The predicted octanol–water partition coefficient (Wildman–Crippen LogP) is 1.19. The molecule has 3 heterocycles.